The van der Waals surface area contributed by atoms with Crippen molar-refractivity contribution in [2.75, 3.05) is 5.32 Å². The van der Waals surface area contributed by atoms with Crippen molar-refractivity contribution in [2.24, 2.45) is 5.92 Å². The second-order valence-corrected chi connectivity index (χ2v) is 6.85. The molecule has 1 heterocycles. The summed E-state index contributed by atoms with van der Waals surface area (Å²) in [6, 6.07) is 5.90. The molecule has 4 nitrogen and oxygen atoms in total. The van der Waals surface area contributed by atoms with E-state index in [1.54, 1.807) is 0 Å². The Morgan fingerprint density at radius 2 is 1.78 bits per heavy atom. The van der Waals surface area contributed by atoms with Gasteiger partial charge in [-0.05, 0) is 56.2 Å². The fourth-order valence-electron chi connectivity index (χ4n) is 4.07. The highest BCUT2D eigenvalue weighted by Gasteiger charge is 2.23. The van der Waals surface area contributed by atoms with Crippen LogP contribution in [0.1, 0.15) is 49.7 Å². The lowest BCUT2D eigenvalue weighted by Crippen LogP contribution is -2.21. The maximum Gasteiger partial charge on any atom is 0.251 e. The van der Waals surface area contributed by atoms with Crippen LogP contribution in [0.3, 0.4) is 0 Å². The number of anilines is 1. The maximum atomic E-state index is 12.3. The molecule has 2 aromatic rings. The van der Waals surface area contributed by atoms with Crippen molar-refractivity contribution in [1.29, 1.82) is 0 Å². The quantitative estimate of drug-likeness (QED) is 0.891. The van der Waals surface area contributed by atoms with Crippen LogP contribution in [0.5, 0.6) is 0 Å². The van der Waals surface area contributed by atoms with Crippen LogP contribution in [0.25, 0.3) is 10.9 Å². The highest BCUT2D eigenvalue weighted by molar-refractivity contribution is 5.95. The van der Waals surface area contributed by atoms with E-state index in [0.29, 0.717) is 0 Å². The Balaban J connectivity index is 1.68. The van der Waals surface area contributed by atoms with Crippen molar-refractivity contribution in [2.45, 2.75) is 51.4 Å². The van der Waals surface area contributed by atoms with Gasteiger partial charge in [0, 0.05) is 22.6 Å². The van der Waals surface area contributed by atoms with Gasteiger partial charge in [-0.2, -0.15) is 0 Å². The first kappa shape index (κ1) is 14.5. The van der Waals surface area contributed by atoms with Crippen LogP contribution in [0.2, 0.25) is 0 Å². The van der Waals surface area contributed by atoms with Crippen LogP contribution < -0.4 is 10.9 Å². The molecule has 4 heteroatoms. The summed E-state index contributed by atoms with van der Waals surface area (Å²) in [7, 11) is 0. The van der Waals surface area contributed by atoms with Crippen LogP contribution in [0, 0.1) is 5.92 Å². The summed E-state index contributed by atoms with van der Waals surface area (Å²) in [6.07, 6.45) is 8.37. The van der Waals surface area contributed by atoms with Crippen molar-refractivity contribution in [3.63, 3.8) is 0 Å². The molecule has 2 aliphatic rings. The van der Waals surface area contributed by atoms with E-state index in [1.807, 2.05) is 18.2 Å². The molecule has 0 radical (unpaired) electrons. The van der Waals surface area contributed by atoms with Gasteiger partial charge in [0.25, 0.3) is 5.56 Å². The number of H-pyrrole nitrogens is 1. The fraction of sp³-hybridized carbons (Fsp3) is 0.474. The minimum Gasteiger partial charge on any atom is -0.326 e. The van der Waals surface area contributed by atoms with Gasteiger partial charge in [-0.3, -0.25) is 9.59 Å². The third kappa shape index (κ3) is 2.67. The average Bonchev–Trinajstić information content (AvgIpc) is 3.09. The normalized spacial score (nSPS) is 18.1. The molecule has 23 heavy (non-hydrogen) atoms. The van der Waals surface area contributed by atoms with Gasteiger partial charge in [-0.15, -0.1) is 0 Å². The fourth-order valence-corrected chi connectivity index (χ4v) is 4.07. The number of fused-ring (bicyclic) bond motifs is 3. The summed E-state index contributed by atoms with van der Waals surface area (Å²) >= 11 is 0. The summed E-state index contributed by atoms with van der Waals surface area (Å²) in [4.78, 5) is 27.5. The monoisotopic (exact) mass is 310 g/mol. The van der Waals surface area contributed by atoms with Gasteiger partial charge in [0.1, 0.15) is 0 Å². The smallest absolute Gasteiger partial charge is 0.251 e. The molecule has 0 bridgehead atoms. The standard InChI is InChI=1S/C19H22N2O2/c22-18(12-5-1-2-6-12)20-13-9-10-15-14-7-3-4-8-16(14)19(23)21-17(15)11-13/h9-12H,1-8H2,(H,20,22)(H,21,23). The number of aryl methyl sites for hydroxylation is 1. The number of aromatic nitrogens is 1. The first-order valence-corrected chi connectivity index (χ1v) is 8.71. The van der Waals surface area contributed by atoms with Crippen LogP contribution in [-0.4, -0.2) is 10.9 Å². The highest BCUT2D eigenvalue weighted by atomic mass is 16.2. The number of hydrogen-bond donors (Lipinski definition) is 2. The first-order valence-electron chi connectivity index (χ1n) is 8.71. The number of rotatable bonds is 2. The number of carbonyl (C=O) groups excluding carboxylic acids is 1. The molecule has 0 unspecified atom stereocenters. The molecule has 1 saturated carbocycles. The van der Waals surface area contributed by atoms with Crippen molar-refractivity contribution in [1.82, 2.24) is 4.98 Å². The van der Waals surface area contributed by atoms with Gasteiger partial charge in [0.2, 0.25) is 5.91 Å². The number of aromatic amines is 1. The van der Waals surface area contributed by atoms with Crippen molar-refractivity contribution in [3.8, 4) is 0 Å². The van der Waals surface area contributed by atoms with Gasteiger partial charge in [0.05, 0.1) is 5.52 Å². The van der Waals surface area contributed by atoms with Crippen LogP contribution >= 0.6 is 0 Å². The number of hydrogen-bond acceptors (Lipinski definition) is 2. The van der Waals surface area contributed by atoms with E-state index >= 15 is 0 Å². The predicted molar refractivity (Wildman–Crippen MR) is 91.8 cm³/mol. The molecule has 1 aromatic carbocycles. The van der Waals surface area contributed by atoms with E-state index in [2.05, 4.69) is 10.3 Å². The highest BCUT2D eigenvalue weighted by Crippen LogP contribution is 2.29. The topological polar surface area (TPSA) is 62.0 Å². The lowest BCUT2D eigenvalue weighted by atomic mass is 9.90. The number of amides is 1. The van der Waals surface area contributed by atoms with Gasteiger partial charge in [-0.1, -0.05) is 18.9 Å². The third-order valence-corrected chi connectivity index (χ3v) is 5.33. The minimum absolute atomic E-state index is 0.0338. The van der Waals surface area contributed by atoms with Crippen LogP contribution in [0.15, 0.2) is 23.0 Å². The van der Waals surface area contributed by atoms with Gasteiger partial charge in [-0.25, -0.2) is 0 Å². The van der Waals surface area contributed by atoms with Crippen LogP contribution in [0.4, 0.5) is 5.69 Å². The zero-order valence-electron chi connectivity index (χ0n) is 13.3. The van der Waals surface area contributed by atoms with Crippen molar-refractivity contribution in [3.05, 3.63) is 39.7 Å². The number of benzene rings is 1. The van der Waals surface area contributed by atoms with E-state index in [1.165, 1.54) is 5.56 Å². The molecule has 1 aromatic heterocycles. The van der Waals surface area contributed by atoms with Gasteiger partial charge < -0.3 is 10.3 Å². The zero-order chi connectivity index (χ0) is 15.8. The minimum atomic E-state index is 0.0338. The SMILES string of the molecule is O=C(Nc1ccc2c3c(c(=O)[nH]c2c1)CCCC3)C1CCCC1. The van der Waals surface area contributed by atoms with Crippen molar-refractivity contribution >= 4 is 22.5 Å². The molecular formula is C19H22N2O2. The maximum absolute atomic E-state index is 12.3. The largest absolute Gasteiger partial charge is 0.326 e. The third-order valence-electron chi connectivity index (χ3n) is 5.33. The van der Waals surface area contributed by atoms with E-state index < -0.39 is 0 Å². The number of pyridine rings is 1. The van der Waals surface area contributed by atoms with E-state index in [4.69, 9.17) is 0 Å². The van der Waals surface area contributed by atoms with Crippen molar-refractivity contribution < 1.29 is 4.79 Å². The predicted octanol–water partition coefficient (Wildman–Crippen LogP) is 3.54. The number of carbonyl (C=O) groups is 1. The molecular weight excluding hydrogens is 288 g/mol. The van der Waals surface area contributed by atoms with Crippen LogP contribution in [-0.2, 0) is 17.6 Å². The Hall–Kier alpha value is -2.10. The van der Waals surface area contributed by atoms with E-state index in [9.17, 15) is 9.59 Å². The lowest BCUT2D eigenvalue weighted by molar-refractivity contribution is -0.119. The Morgan fingerprint density at radius 3 is 2.57 bits per heavy atom. The molecule has 2 aliphatic carbocycles. The Morgan fingerprint density at radius 1 is 1.04 bits per heavy atom. The Kier molecular flexibility index (Phi) is 3.68. The molecule has 0 atom stereocenters. The summed E-state index contributed by atoms with van der Waals surface area (Å²) in [5, 5.41) is 4.14. The average molecular weight is 310 g/mol. The Bertz CT molecular complexity index is 816. The van der Waals surface area contributed by atoms with E-state index in [-0.39, 0.29) is 17.4 Å². The molecule has 0 aliphatic heterocycles. The molecule has 2 N–H and O–H groups in total. The summed E-state index contributed by atoms with van der Waals surface area (Å²) < 4.78 is 0. The summed E-state index contributed by atoms with van der Waals surface area (Å²) in [6.45, 7) is 0. The Labute approximate surface area is 135 Å². The first-order chi connectivity index (χ1) is 11.2. The molecule has 4 rings (SSSR count). The number of nitrogens with one attached hydrogen (secondary N) is 2. The molecule has 1 amide bonds. The summed E-state index contributed by atoms with van der Waals surface area (Å²) in [5.74, 6) is 0.260. The van der Waals surface area contributed by atoms with Gasteiger partial charge >= 0.3 is 0 Å². The van der Waals surface area contributed by atoms with Gasteiger partial charge in [0.15, 0.2) is 0 Å². The molecule has 0 spiro atoms. The molecule has 0 saturated heterocycles. The second-order valence-electron chi connectivity index (χ2n) is 6.85. The molecule has 1 fully saturated rings. The lowest BCUT2D eigenvalue weighted by Gasteiger charge is -2.17. The van der Waals surface area contributed by atoms with E-state index in [0.717, 1.165) is 73.5 Å². The molecule has 120 valence electrons. The second kappa shape index (κ2) is 5.84. The zero-order valence-corrected chi connectivity index (χ0v) is 13.3. The summed E-state index contributed by atoms with van der Waals surface area (Å²) in [5.41, 5.74) is 3.79.